The van der Waals surface area contributed by atoms with Crippen LogP contribution in [0.5, 0.6) is 0 Å². The lowest BCUT2D eigenvalue weighted by Crippen LogP contribution is -2.66. The summed E-state index contributed by atoms with van der Waals surface area (Å²) in [7, 11) is 0. The summed E-state index contributed by atoms with van der Waals surface area (Å²) in [6, 6.07) is -1.01. The smallest absolute Gasteiger partial charge is 0.220 e. The van der Waals surface area contributed by atoms with E-state index in [1.807, 2.05) is 6.08 Å². The third-order valence-electron chi connectivity index (χ3n) is 16.7. The summed E-state index contributed by atoms with van der Waals surface area (Å²) in [6.45, 7) is 1.55. The third kappa shape index (κ3) is 36.0. The van der Waals surface area contributed by atoms with Crippen LogP contribution in [-0.4, -0.2) is 193 Å². The van der Waals surface area contributed by atoms with E-state index in [-0.39, 0.29) is 18.9 Å². The van der Waals surface area contributed by atoms with E-state index in [2.05, 4.69) is 141 Å². The third-order valence-corrected chi connectivity index (χ3v) is 16.7. The van der Waals surface area contributed by atoms with Gasteiger partial charge in [-0.05, 0) is 103 Å². The molecule has 17 unspecified atom stereocenters. The molecule has 0 aliphatic carbocycles. The van der Waals surface area contributed by atoms with Gasteiger partial charge in [-0.25, -0.2) is 0 Å². The Morgan fingerprint density at radius 3 is 1.19 bits per heavy atom. The van der Waals surface area contributed by atoms with E-state index in [1.165, 1.54) is 44.9 Å². The van der Waals surface area contributed by atoms with E-state index in [0.29, 0.717) is 12.8 Å². The Morgan fingerprint density at radius 2 is 0.745 bits per heavy atom. The fraction of sp³-hybridized carbons (Fsp3) is 0.693. The average Bonchev–Trinajstić information content (AvgIpc) is 0.792. The van der Waals surface area contributed by atoms with Crippen LogP contribution in [-0.2, 0) is 33.2 Å². The van der Waals surface area contributed by atoms with Crippen LogP contribution in [0.1, 0.15) is 200 Å². The highest BCUT2D eigenvalue weighted by atomic mass is 16.8. The molecule has 0 aromatic carbocycles. The van der Waals surface area contributed by atoms with Gasteiger partial charge in [0.2, 0.25) is 5.91 Å². The van der Waals surface area contributed by atoms with Crippen LogP contribution in [0.4, 0.5) is 0 Å². The Labute approximate surface area is 562 Å². The first kappa shape index (κ1) is 84.2. The van der Waals surface area contributed by atoms with Crippen LogP contribution < -0.4 is 5.32 Å². The highest BCUT2D eigenvalue weighted by Crippen LogP contribution is 2.33. The first-order chi connectivity index (χ1) is 45.8. The van der Waals surface area contributed by atoms with E-state index in [9.17, 15) is 61.0 Å². The second-order valence-corrected chi connectivity index (χ2v) is 24.6. The zero-order chi connectivity index (χ0) is 68.2. The number of unbranched alkanes of at least 4 members (excludes halogenated alkanes) is 16. The molecule has 3 aliphatic heterocycles. The van der Waals surface area contributed by atoms with Gasteiger partial charge in [0.25, 0.3) is 0 Å². The molecule has 1 amide bonds. The summed E-state index contributed by atoms with van der Waals surface area (Å²) < 4.78 is 34.3. The van der Waals surface area contributed by atoms with Crippen molar-refractivity contribution in [2.75, 3.05) is 26.4 Å². The van der Waals surface area contributed by atoms with Gasteiger partial charge in [0.05, 0.1) is 38.6 Å². The van der Waals surface area contributed by atoms with Crippen molar-refractivity contribution in [3.63, 3.8) is 0 Å². The SMILES string of the molecule is CC/C=C\C/C=C\C/C=C\C/C=C\C/C=C\C/C=C\C/C=C\C/C=C\C/C=C\CCCCCCCCCC(=O)NC(COC1OC(CO)C(OC2OC(CO)C(OC3OC(CO)C(O)C(O)C3O)C(O)C2O)C(O)C1O)C(O)/C=C/CC/C=C/CCCCCCCCCC. The van der Waals surface area contributed by atoms with Crippen LogP contribution in [0.2, 0.25) is 0 Å². The molecule has 3 fully saturated rings. The van der Waals surface area contributed by atoms with Crippen molar-refractivity contribution < 1.29 is 89.4 Å². The Morgan fingerprint density at radius 1 is 0.394 bits per heavy atom. The number of carbonyl (C=O) groups excluding carboxylic acids is 1. The second kappa shape index (κ2) is 54.9. The molecule has 17 atom stereocenters. The minimum absolute atomic E-state index is 0.213. The zero-order valence-corrected chi connectivity index (χ0v) is 56.6. The van der Waals surface area contributed by atoms with E-state index in [0.717, 1.165) is 122 Å². The van der Waals surface area contributed by atoms with Crippen molar-refractivity contribution in [1.29, 1.82) is 0 Å². The lowest BCUT2D eigenvalue weighted by Gasteiger charge is -2.48. The molecule has 0 bridgehead atoms. The summed E-state index contributed by atoms with van der Waals surface area (Å²) >= 11 is 0. The minimum atomic E-state index is -1.99. The number of carbonyl (C=O) groups is 1. The fourth-order valence-corrected chi connectivity index (χ4v) is 11.0. The average molecular weight is 1330 g/mol. The lowest BCUT2D eigenvalue weighted by atomic mass is 9.96. The zero-order valence-electron chi connectivity index (χ0n) is 56.6. The van der Waals surface area contributed by atoms with Gasteiger partial charge in [-0.15, -0.1) is 0 Å². The molecule has 0 spiro atoms. The van der Waals surface area contributed by atoms with Crippen molar-refractivity contribution in [3.05, 3.63) is 134 Å². The highest BCUT2D eigenvalue weighted by Gasteiger charge is 2.53. The predicted molar refractivity (Wildman–Crippen MR) is 369 cm³/mol. The molecule has 3 aliphatic rings. The molecule has 94 heavy (non-hydrogen) atoms. The fourth-order valence-electron chi connectivity index (χ4n) is 11.0. The van der Waals surface area contributed by atoms with Crippen molar-refractivity contribution in [3.8, 4) is 0 Å². The predicted octanol–water partition coefficient (Wildman–Crippen LogP) is 9.77. The minimum Gasteiger partial charge on any atom is -0.394 e. The molecule has 0 saturated carbocycles. The van der Waals surface area contributed by atoms with Gasteiger partial charge in [-0.2, -0.15) is 0 Å². The van der Waals surface area contributed by atoms with E-state index >= 15 is 0 Å². The molecule has 19 heteroatoms. The summed E-state index contributed by atoms with van der Waals surface area (Å²) in [6.07, 6.45) is 50.0. The number of rotatable bonds is 52. The quantitative estimate of drug-likeness (QED) is 0.0199. The van der Waals surface area contributed by atoms with Crippen LogP contribution >= 0.6 is 0 Å². The van der Waals surface area contributed by atoms with Crippen LogP contribution in [0, 0.1) is 0 Å². The number of aliphatic hydroxyl groups is 11. The van der Waals surface area contributed by atoms with Gasteiger partial charge in [-0.3, -0.25) is 4.79 Å². The Kier molecular flexibility index (Phi) is 49.1. The number of allylic oxidation sites excluding steroid dienone is 21. The van der Waals surface area contributed by atoms with Crippen LogP contribution in [0.25, 0.3) is 0 Å². The highest BCUT2D eigenvalue weighted by molar-refractivity contribution is 5.76. The topological polar surface area (TPSA) is 307 Å². The lowest BCUT2D eigenvalue weighted by molar-refractivity contribution is -0.379. The molecular weight excluding hydrogens is 1200 g/mol. The van der Waals surface area contributed by atoms with E-state index in [1.54, 1.807) is 6.08 Å². The van der Waals surface area contributed by atoms with Crippen LogP contribution in [0.3, 0.4) is 0 Å². The maximum Gasteiger partial charge on any atom is 0.220 e. The summed E-state index contributed by atoms with van der Waals surface area (Å²) in [5, 5.41) is 120. The summed E-state index contributed by atoms with van der Waals surface area (Å²) in [5.41, 5.74) is 0. The second-order valence-electron chi connectivity index (χ2n) is 24.6. The van der Waals surface area contributed by atoms with Crippen LogP contribution in [0.15, 0.2) is 134 Å². The van der Waals surface area contributed by atoms with Gasteiger partial charge in [-0.1, -0.05) is 225 Å². The number of hydrogen-bond donors (Lipinski definition) is 12. The first-order valence-electron chi connectivity index (χ1n) is 35.4. The van der Waals surface area contributed by atoms with Crippen molar-refractivity contribution in [2.24, 2.45) is 0 Å². The molecule has 3 saturated heterocycles. The largest absolute Gasteiger partial charge is 0.394 e. The van der Waals surface area contributed by atoms with E-state index < -0.39 is 124 Å². The monoisotopic (exact) mass is 1330 g/mol. The first-order valence-corrected chi connectivity index (χ1v) is 35.4. The number of ether oxygens (including phenoxy) is 6. The molecule has 12 N–H and O–H groups in total. The molecule has 19 nitrogen and oxygen atoms in total. The van der Waals surface area contributed by atoms with Crippen molar-refractivity contribution >= 4 is 5.91 Å². The summed E-state index contributed by atoms with van der Waals surface area (Å²) in [5.74, 6) is -0.304. The van der Waals surface area contributed by atoms with Gasteiger partial charge < -0.3 is 89.9 Å². The molecule has 3 rings (SSSR count). The molecule has 536 valence electrons. The number of nitrogens with one attached hydrogen (secondary N) is 1. The maximum atomic E-state index is 13.4. The van der Waals surface area contributed by atoms with Gasteiger partial charge >= 0.3 is 0 Å². The Balaban J connectivity index is 1.39. The Hall–Kier alpha value is -4.07. The molecular formula is C75H123NO18. The van der Waals surface area contributed by atoms with E-state index in [4.69, 9.17) is 28.4 Å². The number of amides is 1. The molecule has 0 aromatic rings. The standard InChI is InChI=1S/C75H123NO18/c1-3-5-7-9-11-13-15-17-19-20-21-22-23-24-25-26-27-28-29-30-31-32-33-34-35-36-37-38-39-41-43-45-47-49-51-53-63(81)76-58(59(80)52-50-48-46-44-42-40-18-16-14-12-10-8-6-4-2)57-89-73-69(87)66(84)71(61(55-78)91-73)94-75-70(88)67(85)72(62(56-79)92-75)93-74-68(86)65(83)64(82)60(54-77)90-74/h5,7,11,13,17,19,21-22,24-25,27-28,30-31,33-34,36-37,42,44,50,52,58-62,64-75,77-80,82-88H,3-4,6,8-10,12,14-16,18,20,23,26,29,32,35,38-41,43,45-49,51,53-57H2,1-2H3,(H,76,81)/b7-5-,13-11-,19-17-,22-21-,25-24-,28-27-,31-30-,34-33-,37-36-,44-42+,52-50+. The van der Waals surface area contributed by atoms with Gasteiger partial charge in [0, 0.05) is 6.42 Å². The number of hydrogen-bond acceptors (Lipinski definition) is 18. The Bertz CT molecular complexity index is 2220. The molecule has 0 radical (unpaired) electrons. The normalized spacial score (nSPS) is 28.2. The maximum absolute atomic E-state index is 13.4. The summed E-state index contributed by atoms with van der Waals surface area (Å²) in [4.78, 5) is 13.4. The number of aliphatic hydroxyl groups excluding tert-OH is 11. The molecule has 3 heterocycles. The van der Waals surface area contributed by atoms with Gasteiger partial charge in [0.1, 0.15) is 73.2 Å². The van der Waals surface area contributed by atoms with Crippen molar-refractivity contribution in [1.82, 2.24) is 5.32 Å². The van der Waals surface area contributed by atoms with Gasteiger partial charge in [0.15, 0.2) is 18.9 Å². The van der Waals surface area contributed by atoms with Crippen molar-refractivity contribution in [2.45, 2.75) is 304 Å². The molecule has 0 aromatic heterocycles.